The van der Waals surface area contributed by atoms with Gasteiger partial charge in [-0.1, -0.05) is 30.9 Å². The summed E-state index contributed by atoms with van der Waals surface area (Å²) in [6, 6.07) is 4.09. The van der Waals surface area contributed by atoms with Crippen LogP contribution in [-0.2, 0) is 6.54 Å². The molecule has 2 N–H and O–H groups in total. The Hall–Kier alpha value is -0.0900. The molecule has 0 bridgehead atoms. The fourth-order valence-corrected chi connectivity index (χ4v) is 3.72. The van der Waals surface area contributed by atoms with Gasteiger partial charge in [-0.2, -0.15) is 0 Å². The number of nitrogens with zero attached hydrogens (tertiary/aromatic N) is 1. The lowest BCUT2D eigenvalue weighted by Gasteiger charge is -2.42. The Bertz CT molecular complexity index is 389. The van der Waals surface area contributed by atoms with Crippen LogP contribution in [0.1, 0.15) is 37.5 Å². The van der Waals surface area contributed by atoms with E-state index in [-0.39, 0.29) is 5.54 Å². The minimum Gasteiger partial charge on any atom is -0.329 e. The summed E-state index contributed by atoms with van der Waals surface area (Å²) in [5.41, 5.74) is 6.14. The summed E-state index contributed by atoms with van der Waals surface area (Å²) in [7, 11) is 2.18. The van der Waals surface area contributed by atoms with Crippen molar-refractivity contribution in [3.05, 3.63) is 21.3 Å². The van der Waals surface area contributed by atoms with Crippen molar-refractivity contribution in [1.82, 2.24) is 4.90 Å². The van der Waals surface area contributed by atoms with Crippen molar-refractivity contribution in [3.63, 3.8) is 0 Å². The Balaban J connectivity index is 1.96. The van der Waals surface area contributed by atoms with Gasteiger partial charge in [-0.15, -0.1) is 11.3 Å². The van der Waals surface area contributed by atoms with Crippen LogP contribution >= 0.6 is 22.9 Å². The molecule has 0 saturated heterocycles. The topological polar surface area (TPSA) is 29.3 Å². The second kappa shape index (κ2) is 5.91. The summed E-state index contributed by atoms with van der Waals surface area (Å²) >= 11 is 7.65. The van der Waals surface area contributed by atoms with Gasteiger partial charge in [0.1, 0.15) is 0 Å². The van der Waals surface area contributed by atoms with Crippen LogP contribution in [0.4, 0.5) is 0 Å². The smallest absolute Gasteiger partial charge is 0.0931 e. The van der Waals surface area contributed by atoms with E-state index in [2.05, 4.69) is 24.9 Å². The molecular formula is C14H23ClN2S. The number of rotatable bonds is 6. The molecule has 4 heteroatoms. The van der Waals surface area contributed by atoms with E-state index in [1.54, 1.807) is 11.3 Å². The summed E-state index contributed by atoms with van der Waals surface area (Å²) in [6.07, 6.45) is 5.39. The minimum absolute atomic E-state index is 0.113. The summed E-state index contributed by atoms with van der Waals surface area (Å²) in [6.45, 7) is 3.96. The van der Waals surface area contributed by atoms with Gasteiger partial charge in [-0.3, -0.25) is 4.90 Å². The monoisotopic (exact) mass is 286 g/mol. The van der Waals surface area contributed by atoms with Gasteiger partial charge < -0.3 is 5.73 Å². The lowest BCUT2D eigenvalue weighted by molar-refractivity contribution is 0.0865. The van der Waals surface area contributed by atoms with E-state index in [9.17, 15) is 0 Å². The van der Waals surface area contributed by atoms with Crippen LogP contribution in [0.2, 0.25) is 4.34 Å². The molecule has 0 amide bonds. The molecule has 1 aromatic rings. The van der Waals surface area contributed by atoms with Gasteiger partial charge in [0.2, 0.25) is 0 Å². The van der Waals surface area contributed by atoms with Crippen molar-refractivity contribution in [1.29, 1.82) is 0 Å². The number of nitrogens with two attached hydrogens (primary N) is 1. The predicted octanol–water partition coefficient (Wildman–Crippen LogP) is 3.74. The fourth-order valence-electron chi connectivity index (χ4n) is 2.58. The number of likely N-dealkylation sites (N-methyl/N-ethyl adjacent to an activating group) is 1. The first-order chi connectivity index (χ1) is 8.53. The molecule has 0 aromatic carbocycles. The Morgan fingerprint density at radius 1 is 1.50 bits per heavy atom. The molecule has 18 heavy (non-hydrogen) atoms. The van der Waals surface area contributed by atoms with Gasteiger partial charge in [0.15, 0.2) is 0 Å². The third-order valence-electron chi connectivity index (χ3n) is 4.34. The zero-order valence-corrected chi connectivity index (χ0v) is 12.9. The summed E-state index contributed by atoms with van der Waals surface area (Å²) in [5.74, 6) is 0.882. The molecule has 102 valence electrons. The van der Waals surface area contributed by atoms with Crippen LogP contribution in [0.25, 0.3) is 0 Å². The molecule has 0 aliphatic heterocycles. The molecule has 1 aromatic heterocycles. The minimum atomic E-state index is 0.113. The highest BCUT2D eigenvalue weighted by molar-refractivity contribution is 7.16. The first-order valence-electron chi connectivity index (χ1n) is 6.69. The second-order valence-corrected chi connectivity index (χ2v) is 7.56. The third-order valence-corrected chi connectivity index (χ3v) is 5.55. The largest absolute Gasteiger partial charge is 0.329 e. The van der Waals surface area contributed by atoms with Crippen LogP contribution in [0, 0.1) is 5.92 Å². The molecule has 2 nitrogen and oxygen atoms in total. The average Bonchev–Trinajstić information content (AvgIpc) is 2.69. The van der Waals surface area contributed by atoms with E-state index in [0.29, 0.717) is 0 Å². The van der Waals surface area contributed by atoms with E-state index in [1.807, 2.05) is 6.07 Å². The highest BCUT2D eigenvalue weighted by Crippen LogP contribution is 2.36. The first kappa shape index (κ1) is 14.3. The molecule has 1 aliphatic rings. The molecule has 1 fully saturated rings. The summed E-state index contributed by atoms with van der Waals surface area (Å²) in [4.78, 5) is 3.71. The van der Waals surface area contributed by atoms with E-state index in [1.165, 1.54) is 30.6 Å². The average molecular weight is 287 g/mol. The number of hydrogen-bond acceptors (Lipinski definition) is 3. The summed E-state index contributed by atoms with van der Waals surface area (Å²) in [5, 5.41) is 0. The molecule has 0 spiro atoms. The van der Waals surface area contributed by atoms with E-state index in [0.717, 1.165) is 23.3 Å². The normalized spacial score (nSPS) is 19.8. The van der Waals surface area contributed by atoms with E-state index in [4.69, 9.17) is 17.3 Å². The van der Waals surface area contributed by atoms with Crippen LogP contribution in [-0.4, -0.2) is 24.0 Å². The maximum Gasteiger partial charge on any atom is 0.0931 e. The SMILES string of the molecule is CN(Cc1ccc(Cl)s1)C(C)(CN)CC1CCC1. The lowest BCUT2D eigenvalue weighted by atomic mass is 9.76. The van der Waals surface area contributed by atoms with Crippen molar-refractivity contribution in [2.75, 3.05) is 13.6 Å². The van der Waals surface area contributed by atoms with Gasteiger partial charge in [-0.25, -0.2) is 0 Å². The van der Waals surface area contributed by atoms with Gasteiger partial charge in [0, 0.05) is 23.5 Å². The molecule has 1 aliphatic carbocycles. The van der Waals surface area contributed by atoms with Crippen LogP contribution in [0.3, 0.4) is 0 Å². The number of halogens is 1. The van der Waals surface area contributed by atoms with Crippen molar-refractivity contribution in [2.45, 2.75) is 44.7 Å². The molecule has 1 unspecified atom stereocenters. The zero-order chi connectivity index (χ0) is 13.2. The second-order valence-electron chi connectivity index (χ2n) is 5.76. The van der Waals surface area contributed by atoms with Crippen LogP contribution in [0.15, 0.2) is 12.1 Å². The highest BCUT2D eigenvalue weighted by atomic mass is 35.5. The maximum absolute atomic E-state index is 6.03. The van der Waals surface area contributed by atoms with E-state index >= 15 is 0 Å². The summed E-state index contributed by atoms with van der Waals surface area (Å²) < 4.78 is 0.867. The molecule has 1 atom stereocenters. The Labute approximate surface area is 119 Å². The number of thiophene rings is 1. The van der Waals surface area contributed by atoms with Gasteiger partial charge in [0.05, 0.1) is 4.34 Å². The molecule has 1 heterocycles. The third kappa shape index (κ3) is 3.27. The van der Waals surface area contributed by atoms with Crippen molar-refractivity contribution < 1.29 is 0 Å². The first-order valence-corrected chi connectivity index (χ1v) is 7.88. The standard InChI is InChI=1S/C14H23ClN2S/c1-14(10-16,8-11-4-3-5-11)17(2)9-12-6-7-13(15)18-12/h6-7,11H,3-5,8-10,16H2,1-2H3. The van der Waals surface area contributed by atoms with Crippen molar-refractivity contribution >= 4 is 22.9 Å². The zero-order valence-electron chi connectivity index (χ0n) is 11.3. The fraction of sp³-hybridized carbons (Fsp3) is 0.714. The van der Waals surface area contributed by atoms with Gasteiger partial charge in [-0.05, 0) is 38.4 Å². The highest BCUT2D eigenvalue weighted by Gasteiger charge is 2.33. The quantitative estimate of drug-likeness (QED) is 0.863. The van der Waals surface area contributed by atoms with Gasteiger partial charge in [0.25, 0.3) is 0 Å². The molecule has 1 saturated carbocycles. The molecule has 2 rings (SSSR count). The maximum atomic E-state index is 6.03. The molecular weight excluding hydrogens is 264 g/mol. The van der Waals surface area contributed by atoms with Crippen molar-refractivity contribution in [2.24, 2.45) is 11.7 Å². The van der Waals surface area contributed by atoms with Crippen LogP contribution in [0.5, 0.6) is 0 Å². The number of hydrogen-bond donors (Lipinski definition) is 1. The lowest BCUT2D eigenvalue weighted by Crippen LogP contribution is -2.50. The Kier molecular flexibility index (Phi) is 4.70. The molecule has 0 radical (unpaired) electrons. The van der Waals surface area contributed by atoms with Crippen molar-refractivity contribution in [3.8, 4) is 0 Å². The Morgan fingerprint density at radius 3 is 2.67 bits per heavy atom. The van der Waals surface area contributed by atoms with Crippen LogP contribution < -0.4 is 5.73 Å². The van der Waals surface area contributed by atoms with E-state index < -0.39 is 0 Å². The predicted molar refractivity (Wildman–Crippen MR) is 80.2 cm³/mol. The Morgan fingerprint density at radius 2 is 2.22 bits per heavy atom. The van der Waals surface area contributed by atoms with Gasteiger partial charge >= 0.3 is 0 Å².